The second-order valence-electron chi connectivity index (χ2n) is 4.12. The van der Waals surface area contributed by atoms with E-state index in [2.05, 4.69) is 5.32 Å². The van der Waals surface area contributed by atoms with Crippen LogP contribution in [0.25, 0.3) is 0 Å². The molecule has 0 aliphatic heterocycles. The van der Waals surface area contributed by atoms with Gasteiger partial charge in [-0.2, -0.15) is 0 Å². The molecule has 0 radical (unpaired) electrons. The number of aryl methyl sites for hydroxylation is 1. The quantitative estimate of drug-likeness (QED) is 0.824. The molecule has 0 atom stereocenters. The number of benzene rings is 2. The van der Waals surface area contributed by atoms with E-state index in [1.165, 1.54) is 12.1 Å². The number of nitrogens with one attached hydrogen (secondary N) is 1. The molecule has 19 heavy (non-hydrogen) atoms. The largest absolute Gasteiger partial charge is 0.397 e. The molecule has 0 spiro atoms. The summed E-state index contributed by atoms with van der Waals surface area (Å²) in [6.45, 7) is 1.81. The van der Waals surface area contributed by atoms with Crippen molar-refractivity contribution in [2.45, 2.75) is 6.92 Å². The van der Waals surface area contributed by atoms with Crippen molar-refractivity contribution in [2.24, 2.45) is 0 Å². The number of carbonyl (C=O) groups excluding carboxylic acids is 1. The highest BCUT2D eigenvalue weighted by Gasteiger charge is 2.14. The maximum Gasteiger partial charge on any atom is 0.258 e. The second kappa shape index (κ2) is 5.28. The Balaban J connectivity index is 2.34. The first kappa shape index (κ1) is 13.4. The average Bonchev–Trinajstić information content (AvgIpc) is 2.37. The van der Waals surface area contributed by atoms with Crippen LogP contribution in [0.5, 0.6) is 0 Å². The van der Waals surface area contributed by atoms with E-state index in [-0.39, 0.29) is 5.56 Å². The van der Waals surface area contributed by atoms with E-state index in [9.17, 15) is 9.18 Å². The summed E-state index contributed by atoms with van der Waals surface area (Å²) >= 11 is 5.76. The van der Waals surface area contributed by atoms with E-state index in [4.69, 9.17) is 17.3 Å². The third-order valence-electron chi connectivity index (χ3n) is 2.72. The molecule has 2 aromatic carbocycles. The molecule has 0 bridgehead atoms. The van der Waals surface area contributed by atoms with Gasteiger partial charge in [0, 0.05) is 5.02 Å². The van der Waals surface area contributed by atoms with Crippen LogP contribution in [0.15, 0.2) is 36.4 Å². The predicted molar refractivity (Wildman–Crippen MR) is 75.0 cm³/mol. The lowest BCUT2D eigenvalue weighted by Crippen LogP contribution is -2.15. The van der Waals surface area contributed by atoms with Crippen LogP contribution in [-0.2, 0) is 0 Å². The van der Waals surface area contributed by atoms with Crippen LogP contribution in [0.3, 0.4) is 0 Å². The molecular weight excluding hydrogens is 267 g/mol. The molecular formula is C14H12ClFN2O. The maximum atomic E-state index is 13.6. The van der Waals surface area contributed by atoms with Gasteiger partial charge in [0.1, 0.15) is 5.82 Å². The molecule has 1 amide bonds. The second-order valence-corrected chi connectivity index (χ2v) is 4.55. The molecule has 3 N–H and O–H groups in total. The smallest absolute Gasteiger partial charge is 0.258 e. The molecule has 0 fully saturated rings. The first-order valence-corrected chi connectivity index (χ1v) is 5.98. The minimum Gasteiger partial charge on any atom is -0.397 e. The highest BCUT2D eigenvalue weighted by atomic mass is 35.5. The Morgan fingerprint density at radius 3 is 2.74 bits per heavy atom. The summed E-state index contributed by atoms with van der Waals surface area (Å²) in [6.07, 6.45) is 0. The Kier molecular flexibility index (Phi) is 3.71. The minimum absolute atomic E-state index is 0.116. The van der Waals surface area contributed by atoms with Crippen molar-refractivity contribution in [1.29, 1.82) is 0 Å². The van der Waals surface area contributed by atoms with Crippen LogP contribution in [0.1, 0.15) is 15.9 Å². The summed E-state index contributed by atoms with van der Waals surface area (Å²) in [5, 5.41) is 2.90. The molecule has 0 aliphatic rings. The zero-order valence-electron chi connectivity index (χ0n) is 10.2. The van der Waals surface area contributed by atoms with Crippen molar-refractivity contribution in [3.8, 4) is 0 Å². The van der Waals surface area contributed by atoms with Crippen LogP contribution in [0.2, 0.25) is 5.02 Å². The Morgan fingerprint density at radius 1 is 1.32 bits per heavy atom. The lowest BCUT2D eigenvalue weighted by Gasteiger charge is -2.11. The fourth-order valence-corrected chi connectivity index (χ4v) is 1.89. The number of rotatable bonds is 2. The number of para-hydroxylation sites is 1. The molecule has 0 unspecified atom stereocenters. The number of amides is 1. The molecule has 0 saturated heterocycles. The van der Waals surface area contributed by atoms with Gasteiger partial charge in [-0.3, -0.25) is 4.79 Å². The lowest BCUT2D eigenvalue weighted by atomic mass is 10.1. The summed E-state index contributed by atoms with van der Waals surface area (Å²) in [6, 6.07) is 9.06. The molecule has 2 aromatic rings. The molecule has 0 heterocycles. The van der Waals surface area contributed by atoms with Gasteiger partial charge in [0.15, 0.2) is 0 Å². The first-order valence-electron chi connectivity index (χ1n) is 5.60. The molecule has 0 aliphatic carbocycles. The van der Waals surface area contributed by atoms with Crippen molar-refractivity contribution < 1.29 is 9.18 Å². The number of carbonyl (C=O) groups is 1. The normalized spacial score (nSPS) is 10.3. The number of anilines is 2. The van der Waals surface area contributed by atoms with Gasteiger partial charge in [0.25, 0.3) is 5.91 Å². The van der Waals surface area contributed by atoms with Crippen LogP contribution in [-0.4, -0.2) is 5.91 Å². The zero-order valence-corrected chi connectivity index (χ0v) is 11.0. The number of nitrogen functional groups attached to an aromatic ring is 1. The molecule has 0 aromatic heterocycles. The zero-order chi connectivity index (χ0) is 14.0. The summed E-state index contributed by atoms with van der Waals surface area (Å²) in [5.74, 6) is -1.21. The van der Waals surface area contributed by atoms with Crippen molar-refractivity contribution in [2.75, 3.05) is 11.1 Å². The van der Waals surface area contributed by atoms with Crippen LogP contribution in [0.4, 0.5) is 15.8 Å². The van der Waals surface area contributed by atoms with E-state index in [1.54, 1.807) is 25.1 Å². The third-order valence-corrected chi connectivity index (χ3v) is 2.95. The Morgan fingerprint density at radius 2 is 2.05 bits per heavy atom. The number of halogens is 2. The summed E-state index contributed by atoms with van der Waals surface area (Å²) < 4.78 is 13.6. The van der Waals surface area contributed by atoms with Gasteiger partial charge < -0.3 is 11.1 Å². The van der Waals surface area contributed by atoms with E-state index < -0.39 is 11.7 Å². The Bertz CT molecular complexity index is 623. The summed E-state index contributed by atoms with van der Waals surface area (Å²) in [4.78, 5) is 12.0. The predicted octanol–water partition coefficient (Wildman–Crippen LogP) is 3.62. The fourth-order valence-electron chi connectivity index (χ4n) is 1.71. The van der Waals surface area contributed by atoms with E-state index in [1.807, 2.05) is 0 Å². The Labute approximate surface area is 115 Å². The molecule has 0 saturated carbocycles. The fraction of sp³-hybridized carbons (Fsp3) is 0.0714. The van der Waals surface area contributed by atoms with Crippen molar-refractivity contribution in [1.82, 2.24) is 0 Å². The molecule has 98 valence electrons. The van der Waals surface area contributed by atoms with Gasteiger partial charge in [0.05, 0.1) is 16.9 Å². The molecule has 3 nitrogen and oxygen atoms in total. The van der Waals surface area contributed by atoms with Crippen LogP contribution < -0.4 is 11.1 Å². The molecule has 2 rings (SSSR count). The number of hydrogen-bond acceptors (Lipinski definition) is 2. The summed E-state index contributed by atoms with van der Waals surface area (Å²) in [7, 11) is 0. The highest BCUT2D eigenvalue weighted by Crippen LogP contribution is 2.24. The SMILES string of the molecule is Cc1cccc(N)c1NC(=O)c1cc(Cl)ccc1F. The monoisotopic (exact) mass is 278 g/mol. The minimum atomic E-state index is -0.631. The maximum absolute atomic E-state index is 13.6. The first-order chi connectivity index (χ1) is 8.99. The van der Waals surface area contributed by atoms with Crippen molar-refractivity contribution in [3.63, 3.8) is 0 Å². The van der Waals surface area contributed by atoms with Gasteiger partial charge in [-0.25, -0.2) is 4.39 Å². The lowest BCUT2D eigenvalue weighted by molar-refractivity contribution is 0.102. The van der Waals surface area contributed by atoms with Gasteiger partial charge in [-0.1, -0.05) is 23.7 Å². The van der Waals surface area contributed by atoms with E-state index in [0.717, 1.165) is 11.6 Å². The highest BCUT2D eigenvalue weighted by molar-refractivity contribution is 6.31. The average molecular weight is 279 g/mol. The number of hydrogen-bond donors (Lipinski definition) is 2. The van der Waals surface area contributed by atoms with Crippen LogP contribution in [0, 0.1) is 12.7 Å². The number of nitrogens with two attached hydrogens (primary N) is 1. The topological polar surface area (TPSA) is 55.1 Å². The van der Waals surface area contributed by atoms with Gasteiger partial charge in [0.2, 0.25) is 0 Å². The van der Waals surface area contributed by atoms with Crippen molar-refractivity contribution >= 4 is 28.9 Å². The standard InChI is InChI=1S/C14H12ClFN2O/c1-8-3-2-4-12(17)13(8)18-14(19)10-7-9(15)5-6-11(10)16/h2-7H,17H2,1H3,(H,18,19). The van der Waals surface area contributed by atoms with Gasteiger partial charge in [-0.15, -0.1) is 0 Å². The van der Waals surface area contributed by atoms with E-state index >= 15 is 0 Å². The summed E-state index contributed by atoms with van der Waals surface area (Å²) in [5.41, 5.74) is 7.37. The van der Waals surface area contributed by atoms with Gasteiger partial charge in [-0.05, 0) is 36.8 Å². The van der Waals surface area contributed by atoms with Crippen LogP contribution >= 0.6 is 11.6 Å². The van der Waals surface area contributed by atoms with E-state index in [0.29, 0.717) is 16.4 Å². The van der Waals surface area contributed by atoms with Gasteiger partial charge >= 0.3 is 0 Å². The Hall–Kier alpha value is -2.07. The molecule has 5 heteroatoms. The van der Waals surface area contributed by atoms with Crippen molar-refractivity contribution in [3.05, 3.63) is 58.4 Å². The third kappa shape index (κ3) is 2.85.